The van der Waals surface area contributed by atoms with Crippen molar-refractivity contribution in [2.45, 2.75) is 37.0 Å². The Hall–Kier alpha value is -2.91. The van der Waals surface area contributed by atoms with Crippen molar-refractivity contribution in [2.75, 3.05) is 29.6 Å². The summed E-state index contributed by atoms with van der Waals surface area (Å²) in [5.74, 6) is 1.52. The van der Waals surface area contributed by atoms with Crippen LogP contribution in [0.1, 0.15) is 47.5 Å². The van der Waals surface area contributed by atoms with Gasteiger partial charge in [0, 0.05) is 29.5 Å². The summed E-state index contributed by atoms with van der Waals surface area (Å²) in [4.78, 5) is 28.2. The summed E-state index contributed by atoms with van der Waals surface area (Å²) in [6.07, 6.45) is 2.59. The van der Waals surface area contributed by atoms with Crippen molar-refractivity contribution in [2.24, 2.45) is 0 Å². The van der Waals surface area contributed by atoms with Crippen molar-refractivity contribution in [1.29, 1.82) is 0 Å². The Morgan fingerprint density at radius 3 is 2.76 bits per heavy atom. The molecule has 9 heteroatoms. The van der Waals surface area contributed by atoms with Gasteiger partial charge < -0.3 is 9.64 Å². The maximum absolute atomic E-state index is 12.9. The normalized spacial score (nSPS) is 15.6. The average Bonchev–Trinajstić information content (AvgIpc) is 3.46. The van der Waals surface area contributed by atoms with Gasteiger partial charge in [0.2, 0.25) is 11.0 Å². The molecule has 33 heavy (non-hydrogen) atoms. The Kier molecular flexibility index (Phi) is 7.61. The lowest BCUT2D eigenvalue weighted by Crippen LogP contribution is -2.24. The number of rotatable bonds is 9. The lowest BCUT2D eigenvalue weighted by molar-refractivity contribution is -0.117. The van der Waals surface area contributed by atoms with Crippen LogP contribution in [0, 0.1) is 0 Å². The SMILES string of the molecule is CCCCSc1ccccc1C(=O)Nc1nnc(C2CC(=O)N(c3ccc(OC)cc3)C2)s1. The number of benzene rings is 2. The van der Waals surface area contributed by atoms with Crippen LogP contribution in [-0.4, -0.2) is 41.4 Å². The molecule has 1 fully saturated rings. The van der Waals surface area contributed by atoms with Crippen molar-refractivity contribution >= 4 is 45.7 Å². The first kappa shape index (κ1) is 23.3. The number of amides is 2. The van der Waals surface area contributed by atoms with E-state index < -0.39 is 0 Å². The summed E-state index contributed by atoms with van der Waals surface area (Å²) >= 11 is 3.02. The Morgan fingerprint density at radius 2 is 2.00 bits per heavy atom. The van der Waals surface area contributed by atoms with Gasteiger partial charge in [0.15, 0.2) is 0 Å². The molecule has 1 aliphatic rings. The summed E-state index contributed by atoms with van der Waals surface area (Å²) < 4.78 is 5.19. The molecule has 4 rings (SSSR count). The van der Waals surface area contributed by atoms with Gasteiger partial charge in [0.25, 0.3) is 5.91 Å². The number of nitrogens with zero attached hydrogens (tertiary/aromatic N) is 3. The van der Waals surface area contributed by atoms with Gasteiger partial charge in [-0.15, -0.1) is 22.0 Å². The number of thioether (sulfide) groups is 1. The molecule has 1 aromatic heterocycles. The lowest BCUT2D eigenvalue weighted by Gasteiger charge is -2.16. The fraction of sp³-hybridized carbons (Fsp3) is 0.333. The zero-order chi connectivity index (χ0) is 23.2. The molecule has 1 saturated heterocycles. The third kappa shape index (κ3) is 5.54. The molecule has 1 atom stereocenters. The minimum absolute atomic E-state index is 0.0454. The molecule has 0 spiro atoms. The highest BCUT2D eigenvalue weighted by molar-refractivity contribution is 7.99. The highest BCUT2D eigenvalue weighted by Gasteiger charge is 2.34. The van der Waals surface area contributed by atoms with Gasteiger partial charge in [0.05, 0.1) is 12.7 Å². The van der Waals surface area contributed by atoms with Gasteiger partial charge in [-0.2, -0.15) is 0 Å². The van der Waals surface area contributed by atoms with E-state index in [1.54, 1.807) is 23.8 Å². The van der Waals surface area contributed by atoms with E-state index >= 15 is 0 Å². The van der Waals surface area contributed by atoms with E-state index in [9.17, 15) is 9.59 Å². The summed E-state index contributed by atoms with van der Waals surface area (Å²) in [6.45, 7) is 2.69. The van der Waals surface area contributed by atoms with Crippen LogP contribution in [0.2, 0.25) is 0 Å². The first-order valence-corrected chi connectivity index (χ1v) is 12.7. The molecule has 0 saturated carbocycles. The number of ether oxygens (including phenoxy) is 1. The van der Waals surface area contributed by atoms with Crippen LogP contribution in [0.4, 0.5) is 10.8 Å². The number of aromatic nitrogens is 2. The number of anilines is 2. The molecule has 3 aromatic rings. The molecule has 0 bridgehead atoms. The van der Waals surface area contributed by atoms with E-state index in [-0.39, 0.29) is 17.7 Å². The second kappa shape index (κ2) is 10.8. The lowest BCUT2D eigenvalue weighted by atomic mass is 10.1. The molecule has 2 aromatic carbocycles. The van der Waals surface area contributed by atoms with Crippen molar-refractivity contribution in [3.63, 3.8) is 0 Å². The van der Waals surface area contributed by atoms with E-state index in [0.717, 1.165) is 39.9 Å². The molecule has 1 N–H and O–H groups in total. The van der Waals surface area contributed by atoms with Crippen LogP contribution >= 0.6 is 23.1 Å². The molecule has 0 radical (unpaired) electrons. The van der Waals surface area contributed by atoms with Crippen molar-refractivity contribution in [3.8, 4) is 5.75 Å². The second-order valence-corrected chi connectivity index (χ2v) is 9.85. The topological polar surface area (TPSA) is 84.4 Å². The third-order valence-electron chi connectivity index (χ3n) is 5.41. The number of hydrogen-bond donors (Lipinski definition) is 1. The first-order valence-electron chi connectivity index (χ1n) is 10.9. The number of carbonyl (C=O) groups excluding carboxylic acids is 2. The predicted octanol–water partition coefficient (Wildman–Crippen LogP) is 5.21. The maximum atomic E-state index is 12.9. The molecule has 172 valence electrons. The Morgan fingerprint density at radius 1 is 1.21 bits per heavy atom. The highest BCUT2D eigenvalue weighted by atomic mass is 32.2. The molecule has 2 amide bonds. The molecular weight excluding hydrogens is 456 g/mol. The minimum atomic E-state index is -0.195. The number of hydrogen-bond acceptors (Lipinski definition) is 7. The quantitative estimate of drug-likeness (QED) is 0.333. The predicted molar refractivity (Wildman–Crippen MR) is 133 cm³/mol. The molecule has 2 heterocycles. The van der Waals surface area contributed by atoms with E-state index in [1.165, 1.54) is 11.3 Å². The van der Waals surface area contributed by atoms with Crippen LogP contribution < -0.4 is 15.0 Å². The number of methoxy groups -OCH3 is 1. The summed E-state index contributed by atoms with van der Waals surface area (Å²) in [5.41, 5.74) is 1.47. The van der Waals surface area contributed by atoms with E-state index in [4.69, 9.17) is 4.74 Å². The van der Waals surface area contributed by atoms with Gasteiger partial charge >= 0.3 is 0 Å². The third-order valence-corrected chi connectivity index (χ3v) is 7.57. The smallest absolute Gasteiger partial charge is 0.258 e. The number of carbonyl (C=O) groups is 2. The number of unbranched alkanes of at least 4 members (excludes halogenated alkanes) is 1. The summed E-state index contributed by atoms with van der Waals surface area (Å²) in [7, 11) is 1.61. The van der Waals surface area contributed by atoms with E-state index in [2.05, 4.69) is 22.4 Å². The first-order chi connectivity index (χ1) is 16.1. The summed E-state index contributed by atoms with van der Waals surface area (Å²) in [5, 5.41) is 12.5. The van der Waals surface area contributed by atoms with Crippen molar-refractivity contribution < 1.29 is 14.3 Å². The number of nitrogens with one attached hydrogen (secondary N) is 1. The average molecular weight is 483 g/mol. The van der Waals surface area contributed by atoms with E-state index in [0.29, 0.717) is 23.7 Å². The Balaban J connectivity index is 1.41. The standard InChI is InChI=1S/C24H26N4O3S2/c1-3-4-13-32-20-8-6-5-7-19(20)22(30)25-24-27-26-23(33-24)16-14-21(29)28(15-16)17-9-11-18(31-2)12-10-17/h5-12,16H,3-4,13-15H2,1-2H3,(H,25,27,30). The molecule has 0 aliphatic carbocycles. The molecule has 7 nitrogen and oxygen atoms in total. The maximum Gasteiger partial charge on any atom is 0.258 e. The molecular formula is C24H26N4O3S2. The largest absolute Gasteiger partial charge is 0.497 e. The monoisotopic (exact) mass is 482 g/mol. The molecule has 1 aliphatic heterocycles. The zero-order valence-corrected chi connectivity index (χ0v) is 20.2. The van der Waals surface area contributed by atoms with Crippen LogP contribution in [-0.2, 0) is 4.79 Å². The van der Waals surface area contributed by atoms with Crippen molar-refractivity contribution in [3.05, 3.63) is 59.1 Å². The Labute approximate surface area is 201 Å². The van der Waals surface area contributed by atoms with Crippen LogP contribution in [0.3, 0.4) is 0 Å². The van der Waals surface area contributed by atoms with Crippen molar-refractivity contribution in [1.82, 2.24) is 10.2 Å². The van der Waals surface area contributed by atoms with Gasteiger partial charge in [-0.3, -0.25) is 14.9 Å². The zero-order valence-electron chi connectivity index (χ0n) is 18.6. The minimum Gasteiger partial charge on any atom is -0.497 e. The van der Waals surface area contributed by atoms with E-state index in [1.807, 2.05) is 48.5 Å². The fourth-order valence-corrected chi connectivity index (χ4v) is 5.58. The Bertz CT molecular complexity index is 1120. The van der Waals surface area contributed by atoms with Gasteiger partial charge in [-0.1, -0.05) is 36.8 Å². The highest BCUT2D eigenvalue weighted by Crippen LogP contribution is 2.35. The van der Waals surface area contributed by atoms with Gasteiger partial charge in [0.1, 0.15) is 10.8 Å². The molecule has 1 unspecified atom stereocenters. The van der Waals surface area contributed by atoms with Crippen LogP contribution in [0.5, 0.6) is 5.75 Å². The summed E-state index contributed by atoms with van der Waals surface area (Å²) in [6, 6.07) is 15.0. The second-order valence-electron chi connectivity index (χ2n) is 7.70. The van der Waals surface area contributed by atoms with Crippen LogP contribution in [0.15, 0.2) is 53.4 Å². The van der Waals surface area contributed by atoms with Crippen LogP contribution in [0.25, 0.3) is 0 Å². The van der Waals surface area contributed by atoms with Gasteiger partial charge in [-0.05, 0) is 48.6 Å². The fourth-order valence-electron chi connectivity index (χ4n) is 3.61. The van der Waals surface area contributed by atoms with Gasteiger partial charge in [-0.25, -0.2) is 0 Å².